The molecular weight excluding hydrogens is 228 g/mol. The smallest absolute Gasteiger partial charge is 0.203 e. The molecule has 6 nitrogen and oxygen atoms in total. The Morgan fingerprint density at radius 2 is 2.31 bits per heavy atom. The zero-order valence-electron chi connectivity index (χ0n) is 9.66. The van der Waals surface area contributed by atoms with E-state index in [2.05, 4.69) is 37.8 Å². The van der Waals surface area contributed by atoms with Crippen molar-refractivity contribution in [2.45, 2.75) is 20.1 Å². The second-order valence-corrected chi connectivity index (χ2v) is 3.43. The fraction of sp³-hybridized carbons (Fsp3) is 0.778. The van der Waals surface area contributed by atoms with E-state index in [1.54, 1.807) is 0 Å². The minimum absolute atomic E-state index is 0. The van der Waals surface area contributed by atoms with Crippen molar-refractivity contribution in [1.82, 2.24) is 20.9 Å². The van der Waals surface area contributed by atoms with Gasteiger partial charge in [-0.15, -0.1) is 12.4 Å². The van der Waals surface area contributed by atoms with Crippen LogP contribution in [0.4, 0.5) is 0 Å². The van der Waals surface area contributed by atoms with E-state index >= 15 is 0 Å². The van der Waals surface area contributed by atoms with Crippen molar-refractivity contribution >= 4 is 24.3 Å². The molecule has 0 saturated carbocycles. The molecule has 2 aliphatic heterocycles. The van der Waals surface area contributed by atoms with Crippen molar-refractivity contribution in [3.63, 3.8) is 0 Å². The molecule has 16 heavy (non-hydrogen) atoms. The van der Waals surface area contributed by atoms with Crippen molar-refractivity contribution in [2.24, 2.45) is 9.98 Å². The first-order valence-electron chi connectivity index (χ1n) is 5.48. The van der Waals surface area contributed by atoms with E-state index in [0.29, 0.717) is 0 Å². The van der Waals surface area contributed by atoms with Crippen LogP contribution >= 0.6 is 12.4 Å². The van der Waals surface area contributed by atoms with Crippen LogP contribution in [-0.2, 0) is 0 Å². The highest BCUT2D eigenvalue weighted by Gasteiger charge is 2.29. The van der Waals surface area contributed by atoms with Crippen molar-refractivity contribution in [3.8, 4) is 0 Å². The van der Waals surface area contributed by atoms with Crippen LogP contribution in [0.5, 0.6) is 0 Å². The van der Waals surface area contributed by atoms with E-state index in [4.69, 9.17) is 0 Å². The van der Waals surface area contributed by atoms with Gasteiger partial charge in [-0.2, -0.15) is 0 Å². The molecule has 0 aromatic heterocycles. The molecule has 7 heteroatoms. The number of aliphatic imine (C=N–C) groups is 2. The molecule has 1 atom stereocenters. The second kappa shape index (κ2) is 5.91. The molecule has 2 heterocycles. The van der Waals surface area contributed by atoms with Gasteiger partial charge in [0.25, 0.3) is 0 Å². The number of guanidine groups is 2. The predicted octanol–water partition coefficient (Wildman–Crippen LogP) is -0.458. The van der Waals surface area contributed by atoms with Gasteiger partial charge in [0.05, 0.1) is 6.54 Å². The highest BCUT2D eigenvalue weighted by atomic mass is 35.5. The lowest BCUT2D eigenvalue weighted by Crippen LogP contribution is -2.67. The highest BCUT2D eigenvalue weighted by Crippen LogP contribution is 2.04. The quantitative estimate of drug-likeness (QED) is 0.631. The minimum atomic E-state index is 0. The van der Waals surface area contributed by atoms with E-state index in [0.717, 1.165) is 38.1 Å². The SMILES string of the molecule is CCN=C1NC(NCC)NC2=NCCN12.Cl. The van der Waals surface area contributed by atoms with Crippen LogP contribution in [0.1, 0.15) is 13.8 Å². The Kier molecular flexibility index (Phi) is 4.82. The van der Waals surface area contributed by atoms with Crippen LogP contribution in [-0.4, -0.2) is 49.3 Å². The lowest BCUT2D eigenvalue weighted by molar-refractivity contribution is 0.406. The Morgan fingerprint density at radius 1 is 1.50 bits per heavy atom. The molecule has 2 rings (SSSR count). The Morgan fingerprint density at radius 3 is 3.00 bits per heavy atom. The largest absolute Gasteiger partial charge is 0.323 e. The van der Waals surface area contributed by atoms with Gasteiger partial charge in [0.2, 0.25) is 11.9 Å². The Balaban J connectivity index is 0.00000128. The van der Waals surface area contributed by atoms with Gasteiger partial charge in [0.15, 0.2) is 6.29 Å². The number of rotatable bonds is 3. The number of halogens is 1. The van der Waals surface area contributed by atoms with Gasteiger partial charge in [-0.1, -0.05) is 6.92 Å². The minimum Gasteiger partial charge on any atom is -0.323 e. The zero-order chi connectivity index (χ0) is 10.7. The summed E-state index contributed by atoms with van der Waals surface area (Å²) < 4.78 is 0. The van der Waals surface area contributed by atoms with Gasteiger partial charge >= 0.3 is 0 Å². The topological polar surface area (TPSA) is 64.0 Å². The number of nitrogens with zero attached hydrogens (tertiary/aromatic N) is 3. The third kappa shape index (κ3) is 2.56. The Labute approximate surface area is 102 Å². The molecule has 0 aromatic carbocycles. The standard InChI is InChI=1S/C9H18N6.ClH/c1-3-10-7-13-8(11-4-2)15-6-5-12-9(15)14-7;/h7,10H,3-6H2,1-2H3,(H,11,13)(H,12,14);1H. The number of nitrogens with one attached hydrogen (secondary N) is 3. The monoisotopic (exact) mass is 246 g/mol. The van der Waals surface area contributed by atoms with Crippen molar-refractivity contribution in [3.05, 3.63) is 0 Å². The molecule has 0 amide bonds. The molecule has 1 unspecified atom stereocenters. The molecule has 0 spiro atoms. The zero-order valence-corrected chi connectivity index (χ0v) is 10.5. The Bertz CT molecular complexity index is 290. The summed E-state index contributed by atoms with van der Waals surface area (Å²) in [5.41, 5.74) is 0. The summed E-state index contributed by atoms with van der Waals surface area (Å²) in [4.78, 5) is 10.9. The van der Waals surface area contributed by atoms with Gasteiger partial charge in [-0.05, 0) is 13.5 Å². The van der Waals surface area contributed by atoms with Crippen LogP contribution in [0.25, 0.3) is 0 Å². The first kappa shape index (κ1) is 13.1. The molecule has 0 aromatic rings. The molecular formula is C9H19ClN6. The van der Waals surface area contributed by atoms with Crippen LogP contribution in [0.15, 0.2) is 9.98 Å². The van der Waals surface area contributed by atoms with Gasteiger partial charge in [0.1, 0.15) is 0 Å². The van der Waals surface area contributed by atoms with E-state index in [-0.39, 0.29) is 18.7 Å². The van der Waals surface area contributed by atoms with Gasteiger partial charge in [-0.25, -0.2) is 0 Å². The molecule has 1 saturated heterocycles. The van der Waals surface area contributed by atoms with Gasteiger partial charge < -0.3 is 10.6 Å². The molecule has 0 bridgehead atoms. The maximum Gasteiger partial charge on any atom is 0.203 e. The van der Waals surface area contributed by atoms with E-state index in [1.807, 2.05) is 6.92 Å². The summed E-state index contributed by atoms with van der Waals surface area (Å²) in [5.74, 6) is 1.84. The van der Waals surface area contributed by atoms with E-state index < -0.39 is 0 Å². The molecule has 0 aliphatic carbocycles. The third-order valence-corrected chi connectivity index (χ3v) is 2.36. The van der Waals surface area contributed by atoms with Crippen molar-refractivity contribution < 1.29 is 0 Å². The first-order valence-corrected chi connectivity index (χ1v) is 5.48. The second-order valence-electron chi connectivity index (χ2n) is 3.43. The summed E-state index contributed by atoms with van der Waals surface area (Å²) in [7, 11) is 0. The lowest BCUT2D eigenvalue weighted by atomic mass is 10.5. The Hall–Kier alpha value is -1.01. The third-order valence-electron chi connectivity index (χ3n) is 2.36. The van der Waals surface area contributed by atoms with Gasteiger partial charge in [0, 0.05) is 13.1 Å². The average Bonchev–Trinajstić information content (AvgIpc) is 2.67. The fourth-order valence-electron chi connectivity index (χ4n) is 1.74. The molecule has 3 N–H and O–H groups in total. The number of fused-ring (bicyclic) bond motifs is 1. The first-order chi connectivity index (χ1) is 7.35. The fourth-order valence-corrected chi connectivity index (χ4v) is 1.74. The lowest BCUT2D eigenvalue weighted by Gasteiger charge is -2.35. The highest BCUT2D eigenvalue weighted by molar-refractivity contribution is 6.02. The normalized spacial score (nSPS) is 25.4. The van der Waals surface area contributed by atoms with Gasteiger partial charge in [-0.3, -0.25) is 20.2 Å². The predicted molar refractivity (Wildman–Crippen MR) is 68.0 cm³/mol. The maximum absolute atomic E-state index is 4.43. The maximum atomic E-state index is 4.43. The van der Waals surface area contributed by atoms with Crippen LogP contribution in [0.2, 0.25) is 0 Å². The number of hydrogen-bond donors (Lipinski definition) is 3. The molecule has 0 radical (unpaired) electrons. The average molecular weight is 247 g/mol. The summed E-state index contributed by atoms with van der Waals surface area (Å²) in [6, 6.07) is 0. The molecule has 1 fully saturated rings. The molecule has 2 aliphatic rings. The summed E-state index contributed by atoms with van der Waals surface area (Å²) in [5, 5.41) is 9.85. The molecule has 92 valence electrons. The van der Waals surface area contributed by atoms with Crippen LogP contribution in [0.3, 0.4) is 0 Å². The van der Waals surface area contributed by atoms with Crippen LogP contribution < -0.4 is 16.0 Å². The summed E-state index contributed by atoms with van der Waals surface area (Å²) >= 11 is 0. The van der Waals surface area contributed by atoms with Crippen molar-refractivity contribution in [1.29, 1.82) is 0 Å². The summed E-state index contributed by atoms with van der Waals surface area (Å²) in [6.45, 7) is 7.54. The van der Waals surface area contributed by atoms with Crippen LogP contribution in [0, 0.1) is 0 Å². The van der Waals surface area contributed by atoms with E-state index in [1.165, 1.54) is 0 Å². The van der Waals surface area contributed by atoms with E-state index in [9.17, 15) is 0 Å². The van der Waals surface area contributed by atoms with Crippen molar-refractivity contribution in [2.75, 3.05) is 26.2 Å². The summed E-state index contributed by atoms with van der Waals surface area (Å²) in [6.07, 6.45) is 0.0356. The number of hydrogen-bond acceptors (Lipinski definition) is 4.